The number of hydrogen-bond acceptors (Lipinski definition) is 4. The normalized spacial score (nSPS) is 14.2. The van der Waals surface area contributed by atoms with Gasteiger partial charge in [0.25, 0.3) is 5.91 Å². The minimum atomic E-state index is -0.0539. The highest BCUT2D eigenvalue weighted by molar-refractivity contribution is 5.92. The summed E-state index contributed by atoms with van der Waals surface area (Å²) in [4.78, 5) is 14.3. The number of carbonyl (C=O) groups is 1. The summed E-state index contributed by atoms with van der Waals surface area (Å²) in [6.45, 7) is 3.06. The lowest BCUT2D eigenvalue weighted by atomic mass is 10.2. The molecule has 0 atom stereocenters. The van der Waals surface area contributed by atoms with Gasteiger partial charge in [0.1, 0.15) is 17.3 Å². The summed E-state index contributed by atoms with van der Waals surface area (Å²) in [5.74, 6) is 2.55. The first kappa shape index (κ1) is 16.4. The van der Waals surface area contributed by atoms with E-state index in [2.05, 4.69) is 5.32 Å². The Morgan fingerprint density at radius 2 is 1.58 bits per heavy atom. The maximum atomic E-state index is 12.5. The molecule has 0 unspecified atom stereocenters. The van der Waals surface area contributed by atoms with Gasteiger partial charge >= 0.3 is 0 Å². The molecular formula is C21H20N2O3. The zero-order valence-corrected chi connectivity index (χ0v) is 14.4. The molecule has 5 heteroatoms. The zero-order valence-electron chi connectivity index (χ0n) is 14.4. The molecule has 0 aliphatic carbocycles. The summed E-state index contributed by atoms with van der Waals surface area (Å²) < 4.78 is 11.6. The number of furan rings is 1. The van der Waals surface area contributed by atoms with Gasteiger partial charge < -0.3 is 19.4 Å². The minimum Gasteiger partial charge on any atom is -0.457 e. The molecule has 2 aromatic carbocycles. The SMILES string of the molecule is O=C(c1ccc(-c2ccc(Oc3ccccc3)cc2)o1)N1CCNCC1. The molecule has 0 radical (unpaired) electrons. The third-order valence-electron chi connectivity index (χ3n) is 4.34. The number of carbonyl (C=O) groups excluding carboxylic acids is 1. The van der Waals surface area contributed by atoms with Crippen LogP contribution in [0.25, 0.3) is 11.3 Å². The average Bonchev–Trinajstić information content (AvgIpc) is 3.20. The van der Waals surface area contributed by atoms with Crippen molar-refractivity contribution in [2.45, 2.75) is 0 Å². The number of hydrogen-bond donors (Lipinski definition) is 1. The Bertz CT molecular complexity index is 866. The summed E-state index contributed by atoms with van der Waals surface area (Å²) >= 11 is 0. The molecule has 1 N–H and O–H groups in total. The second-order valence-corrected chi connectivity index (χ2v) is 6.15. The molecule has 1 saturated heterocycles. The van der Waals surface area contributed by atoms with Crippen LogP contribution in [0.1, 0.15) is 10.6 Å². The van der Waals surface area contributed by atoms with Crippen LogP contribution in [0, 0.1) is 0 Å². The lowest BCUT2D eigenvalue weighted by Crippen LogP contribution is -2.46. The molecule has 0 spiro atoms. The first-order valence-corrected chi connectivity index (χ1v) is 8.73. The van der Waals surface area contributed by atoms with Gasteiger partial charge in [-0.05, 0) is 48.5 Å². The Hall–Kier alpha value is -3.05. The number of nitrogens with one attached hydrogen (secondary N) is 1. The fourth-order valence-electron chi connectivity index (χ4n) is 2.94. The van der Waals surface area contributed by atoms with Gasteiger partial charge in [0.15, 0.2) is 5.76 Å². The van der Waals surface area contributed by atoms with Gasteiger partial charge in [-0.25, -0.2) is 0 Å². The Morgan fingerprint density at radius 1 is 0.885 bits per heavy atom. The fraction of sp³-hybridized carbons (Fsp3) is 0.190. The number of ether oxygens (including phenoxy) is 1. The molecule has 1 aliphatic heterocycles. The summed E-state index contributed by atoms with van der Waals surface area (Å²) in [7, 11) is 0. The topological polar surface area (TPSA) is 54.7 Å². The van der Waals surface area contributed by atoms with E-state index in [-0.39, 0.29) is 5.91 Å². The van der Waals surface area contributed by atoms with E-state index in [1.54, 1.807) is 6.07 Å². The Labute approximate surface area is 152 Å². The van der Waals surface area contributed by atoms with Crippen LogP contribution in [0.4, 0.5) is 0 Å². The van der Waals surface area contributed by atoms with E-state index in [1.165, 1.54) is 0 Å². The van der Waals surface area contributed by atoms with E-state index >= 15 is 0 Å². The average molecular weight is 348 g/mol. The number of piperazine rings is 1. The molecule has 0 bridgehead atoms. The molecule has 2 heterocycles. The maximum absolute atomic E-state index is 12.5. The first-order valence-electron chi connectivity index (χ1n) is 8.73. The summed E-state index contributed by atoms with van der Waals surface area (Å²) in [6, 6.07) is 20.9. The van der Waals surface area contributed by atoms with E-state index in [0.717, 1.165) is 30.2 Å². The predicted octanol–water partition coefficient (Wildman–Crippen LogP) is 3.78. The van der Waals surface area contributed by atoms with E-state index in [4.69, 9.17) is 9.15 Å². The first-order chi connectivity index (χ1) is 12.8. The van der Waals surface area contributed by atoms with Gasteiger partial charge in [-0.2, -0.15) is 0 Å². The van der Waals surface area contributed by atoms with Crippen LogP contribution in [0.2, 0.25) is 0 Å². The van der Waals surface area contributed by atoms with Crippen LogP contribution in [0.5, 0.6) is 11.5 Å². The van der Waals surface area contributed by atoms with E-state index in [0.29, 0.717) is 24.6 Å². The van der Waals surface area contributed by atoms with Crippen molar-refractivity contribution < 1.29 is 13.9 Å². The van der Waals surface area contributed by atoms with Crippen LogP contribution in [0.3, 0.4) is 0 Å². The van der Waals surface area contributed by atoms with Crippen LogP contribution >= 0.6 is 0 Å². The Balaban J connectivity index is 1.46. The summed E-state index contributed by atoms with van der Waals surface area (Å²) in [5, 5.41) is 3.24. The number of para-hydroxylation sites is 1. The molecule has 4 rings (SSSR count). The molecule has 1 aromatic heterocycles. The second-order valence-electron chi connectivity index (χ2n) is 6.15. The van der Waals surface area contributed by atoms with E-state index in [9.17, 15) is 4.79 Å². The number of nitrogens with zero attached hydrogens (tertiary/aromatic N) is 1. The molecule has 1 aliphatic rings. The van der Waals surface area contributed by atoms with Crippen LogP contribution in [0.15, 0.2) is 71.1 Å². The van der Waals surface area contributed by atoms with Gasteiger partial charge in [0.05, 0.1) is 0 Å². The molecule has 26 heavy (non-hydrogen) atoms. The van der Waals surface area contributed by atoms with Crippen molar-refractivity contribution in [3.8, 4) is 22.8 Å². The van der Waals surface area contributed by atoms with Crippen molar-refractivity contribution in [1.82, 2.24) is 10.2 Å². The van der Waals surface area contributed by atoms with Gasteiger partial charge in [0, 0.05) is 31.7 Å². The number of benzene rings is 2. The van der Waals surface area contributed by atoms with Crippen LogP contribution in [-0.4, -0.2) is 37.0 Å². The standard InChI is InChI=1S/C21H20N2O3/c24-21(23-14-12-22-13-15-23)20-11-10-19(26-20)16-6-8-18(9-7-16)25-17-4-2-1-3-5-17/h1-11,22H,12-15H2. The highest BCUT2D eigenvalue weighted by atomic mass is 16.5. The van der Waals surface area contributed by atoms with Crippen LogP contribution < -0.4 is 10.1 Å². The predicted molar refractivity (Wildman–Crippen MR) is 99.4 cm³/mol. The largest absolute Gasteiger partial charge is 0.457 e. The smallest absolute Gasteiger partial charge is 0.289 e. The molecule has 0 saturated carbocycles. The van der Waals surface area contributed by atoms with Crippen molar-refractivity contribution >= 4 is 5.91 Å². The van der Waals surface area contributed by atoms with Crippen molar-refractivity contribution in [3.05, 3.63) is 72.5 Å². The minimum absolute atomic E-state index is 0.0539. The summed E-state index contributed by atoms with van der Waals surface area (Å²) in [6.07, 6.45) is 0. The Kier molecular flexibility index (Phi) is 4.71. The zero-order chi connectivity index (χ0) is 17.8. The molecule has 1 amide bonds. The molecule has 132 valence electrons. The van der Waals surface area contributed by atoms with Gasteiger partial charge in [-0.3, -0.25) is 4.79 Å². The van der Waals surface area contributed by atoms with Gasteiger partial charge in [-0.15, -0.1) is 0 Å². The highest BCUT2D eigenvalue weighted by Crippen LogP contribution is 2.27. The quantitative estimate of drug-likeness (QED) is 0.779. The van der Waals surface area contributed by atoms with Crippen LogP contribution in [-0.2, 0) is 0 Å². The maximum Gasteiger partial charge on any atom is 0.289 e. The van der Waals surface area contributed by atoms with Crippen molar-refractivity contribution in [3.63, 3.8) is 0 Å². The van der Waals surface area contributed by atoms with Crippen molar-refractivity contribution in [1.29, 1.82) is 0 Å². The van der Waals surface area contributed by atoms with E-state index < -0.39 is 0 Å². The van der Waals surface area contributed by atoms with Gasteiger partial charge in [-0.1, -0.05) is 18.2 Å². The van der Waals surface area contributed by atoms with Gasteiger partial charge in [0.2, 0.25) is 0 Å². The van der Waals surface area contributed by atoms with E-state index in [1.807, 2.05) is 65.6 Å². The molecular weight excluding hydrogens is 328 g/mol. The molecule has 1 fully saturated rings. The lowest BCUT2D eigenvalue weighted by molar-refractivity contribution is 0.0704. The second kappa shape index (κ2) is 7.45. The monoisotopic (exact) mass is 348 g/mol. The summed E-state index contributed by atoms with van der Waals surface area (Å²) in [5.41, 5.74) is 0.907. The number of amides is 1. The number of rotatable bonds is 4. The fourth-order valence-corrected chi connectivity index (χ4v) is 2.94. The third kappa shape index (κ3) is 3.63. The highest BCUT2D eigenvalue weighted by Gasteiger charge is 2.21. The van der Waals surface area contributed by atoms with Crippen molar-refractivity contribution in [2.24, 2.45) is 0 Å². The Morgan fingerprint density at radius 3 is 2.31 bits per heavy atom. The third-order valence-corrected chi connectivity index (χ3v) is 4.34. The molecule has 5 nitrogen and oxygen atoms in total. The lowest BCUT2D eigenvalue weighted by Gasteiger charge is -2.26. The molecule has 3 aromatic rings. The van der Waals surface area contributed by atoms with Crippen molar-refractivity contribution in [2.75, 3.05) is 26.2 Å².